The maximum Gasteiger partial charge on any atom is 0.410 e. The van der Waals surface area contributed by atoms with Crippen molar-refractivity contribution in [2.24, 2.45) is 0 Å². The van der Waals surface area contributed by atoms with Crippen molar-refractivity contribution in [3.05, 3.63) is 42.2 Å². The minimum absolute atomic E-state index is 0.0715. The second kappa shape index (κ2) is 7.63. The number of likely N-dealkylation sites (tertiary alicyclic amines) is 1. The summed E-state index contributed by atoms with van der Waals surface area (Å²) in [6, 6.07) is 8.07. The van der Waals surface area contributed by atoms with E-state index in [1.54, 1.807) is 22.2 Å². The molecule has 4 rings (SSSR count). The van der Waals surface area contributed by atoms with Crippen molar-refractivity contribution in [2.75, 3.05) is 25.0 Å². The van der Waals surface area contributed by atoms with Crippen LogP contribution < -0.4 is 9.64 Å². The molecule has 3 heterocycles. The molecule has 2 amide bonds. The molecular formula is C23H27N3O4. The first-order chi connectivity index (χ1) is 14.2. The first-order valence-corrected chi connectivity index (χ1v) is 10.2. The number of rotatable bonds is 3. The summed E-state index contributed by atoms with van der Waals surface area (Å²) in [5.41, 5.74) is 3.62. The minimum atomic E-state index is -0.502. The van der Waals surface area contributed by atoms with Crippen LogP contribution in [0.2, 0.25) is 0 Å². The lowest BCUT2D eigenvalue weighted by Gasteiger charge is -2.39. The van der Waals surface area contributed by atoms with Crippen LogP contribution in [0, 0.1) is 0 Å². The SMILES string of the molecule is CN1C(=O)CCc2cc(-c3cncc(OC4CN(C(=O)OC(C)(C)C)C4)c3)ccc21. The van der Waals surface area contributed by atoms with Gasteiger partial charge in [-0.3, -0.25) is 9.78 Å². The van der Waals surface area contributed by atoms with Gasteiger partial charge in [0.15, 0.2) is 0 Å². The zero-order valence-electron chi connectivity index (χ0n) is 17.8. The number of amides is 2. The number of nitrogens with zero attached hydrogens (tertiary/aromatic N) is 3. The Hall–Kier alpha value is -3.09. The zero-order valence-corrected chi connectivity index (χ0v) is 17.8. The molecule has 1 saturated heterocycles. The molecular weight excluding hydrogens is 382 g/mol. The second-order valence-corrected chi connectivity index (χ2v) is 8.83. The standard InChI is InChI=1S/C23H27N3O4/c1-23(2,3)30-22(28)26-13-19(14-26)29-18-10-17(11-24-12-18)15-5-7-20-16(9-15)6-8-21(27)25(20)4/h5,7,9-12,19H,6,8,13-14H2,1-4H3. The van der Waals surface area contributed by atoms with Gasteiger partial charge in [0.1, 0.15) is 17.5 Å². The highest BCUT2D eigenvalue weighted by atomic mass is 16.6. The van der Waals surface area contributed by atoms with Crippen LogP contribution in [-0.2, 0) is 16.0 Å². The Kier molecular flexibility index (Phi) is 5.13. The number of aryl methyl sites for hydroxylation is 1. The van der Waals surface area contributed by atoms with Gasteiger partial charge in [0.2, 0.25) is 5.91 Å². The van der Waals surface area contributed by atoms with Crippen LogP contribution in [0.3, 0.4) is 0 Å². The van der Waals surface area contributed by atoms with Gasteiger partial charge in [-0.15, -0.1) is 0 Å². The number of hydrogen-bond donors (Lipinski definition) is 0. The molecule has 0 atom stereocenters. The molecule has 0 spiro atoms. The average Bonchev–Trinajstić information content (AvgIpc) is 2.66. The van der Waals surface area contributed by atoms with E-state index in [1.165, 1.54) is 0 Å². The fourth-order valence-corrected chi connectivity index (χ4v) is 3.66. The summed E-state index contributed by atoms with van der Waals surface area (Å²) in [5, 5.41) is 0. The molecule has 1 fully saturated rings. The Morgan fingerprint density at radius 2 is 1.87 bits per heavy atom. The summed E-state index contributed by atoms with van der Waals surface area (Å²) < 4.78 is 11.4. The van der Waals surface area contributed by atoms with E-state index in [0.717, 1.165) is 28.8 Å². The van der Waals surface area contributed by atoms with Gasteiger partial charge in [-0.25, -0.2) is 4.79 Å². The van der Waals surface area contributed by atoms with Gasteiger partial charge in [-0.2, -0.15) is 0 Å². The van der Waals surface area contributed by atoms with Crippen molar-refractivity contribution in [2.45, 2.75) is 45.3 Å². The molecule has 0 saturated carbocycles. The molecule has 0 aliphatic carbocycles. The van der Waals surface area contributed by atoms with Gasteiger partial charge in [0.05, 0.1) is 19.3 Å². The van der Waals surface area contributed by atoms with Gasteiger partial charge in [-0.05, 0) is 56.5 Å². The van der Waals surface area contributed by atoms with Crippen molar-refractivity contribution in [3.8, 4) is 16.9 Å². The molecule has 2 aliphatic heterocycles. The smallest absolute Gasteiger partial charge is 0.410 e. The van der Waals surface area contributed by atoms with E-state index >= 15 is 0 Å². The first kappa shape index (κ1) is 20.2. The van der Waals surface area contributed by atoms with Gasteiger partial charge in [-0.1, -0.05) is 6.07 Å². The molecule has 1 aromatic heterocycles. The van der Waals surface area contributed by atoms with Gasteiger partial charge in [0, 0.05) is 30.9 Å². The van der Waals surface area contributed by atoms with Crippen molar-refractivity contribution < 1.29 is 19.1 Å². The lowest BCUT2D eigenvalue weighted by molar-refractivity contribution is -0.118. The van der Waals surface area contributed by atoms with Crippen molar-refractivity contribution in [3.63, 3.8) is 0 Å². The summed E-state index contributed by atoms with van der Waals surface area (Å²) >= 11 is 0. The maximum absolute atomic E-state index is 12.1. The maximum atomic E-state index is 12.1. The second-order valence-electron chi connectivity index (χ2n) is 8.83. The molecule has 0 unspecified atom stereocenters. The lowest BCUT2D eigenvalue weighted by atomic mass is 9.97. The summed E-state index contributed by atoms with van der Waals surface area (Å²) in [5.74, 6) is 0.819. The number of carbonyl (C=O) groups is 2. The monoisotopic (exact) mass is 409 g/mol. The van der Waals surface area contributed by atoms with Crippen LogP contribution in [0.25, 0.3) is 11.1 Å². The average molecular weight is 409 g/mol. The fraction of sp³-hybridized carbons (Fsp3) is 0.435. The minimum Gasteiger partial charge on any atom is -0.485 e. The Morgan fingerprint density at radius 1 is 1.10 bits per heavy atom. The number of hydrogen-bond acceptors (Lipinski definition) is 5. The highest BCUT2D eigenvalue weighted by Gasteiger charge is 2.35. The molecule has 2 aromatic rings. The van der Waals surface area contributed by atoms with Gasteiger partial charge >= 0.3 is 6.09 Å². The topological polar surface area (TPSA) is 72.0 Å². The van der Waals surface area contributed by atoms with E-state index < -0.39 is 5.60 Å². The van der Waals surface area contributed by atoms with E-state index in [2.05, 4.69) is 11.1 Å². The summed E-state index contributed by atoms with van der Waals surface area (Å²) in [6.45, 7) is 6.56. The number of pyridine rings is 1. The Balaban J connectivity index is 1.41. The predicted octanol–water partition coefficient (Wildman–Crippen LogP) is 3.66. The van der Waals surface area contributed by atoms with E-state index in [9.17, 15) is 9.59 Å². The summed E-state index contributed by atoms with van der Waals surface area (Å²) in [4.78, 5) is 31.6. The van der Waals surface area contributed by atoms with Crippen LogP contribution in [0.15, 0.2) is 36.7 Å². The number of ether oxygens (including phenoxy) is 2. The van der Waals surface area contributed by atoms with Crippen LogP contribution in [0.1, 0.15) is 32.8 Å². The molecule has 0 N–H and O–H groups in total. The third-order valence-corrected chi connectivity index (χ3v) is 5.27. The number of carbonyl (C=O) groups excluding carboxylic acids is 2. The van der Waals surface area contributed by atoms with Crippen molar-refractivity contribution in [1.82, 2.24) is 9.88 Å². The third-order valence-electron chi connectivity index (χ3n) is 5.27. The predicted molar refractivity (Wildman–Crippen MR) is 114 cm³/mol. The fourth-order valence-electron chi connectivity index (χ4n) is 3.66. The molecule has 2 aliphatic rings. The molecule has 7 heteroatoms. The number of anilines is 1. The molecule has 1 aromatic carbocycles. The molecule has 0 bridgehead atoms. The molecule has 7 nitrogen and oxygen atoms in total. The zero-order chi connectivity index (χ0) is 21.5. The largest absolute Gasteiger partial charge is 0.485 e. The summed E-state index contributed by atoms with van der Waals surface area (Å²) in [6.07, 6.45) is 4.39. The highest BCUT2D eigenvalue weighted by Crippen LogP contribution is 2.32. The molecule has 30 heavy (non-hydrogen) atoms. The van der Waals surface area contributed by atoms with E-state index in [0.29, 0.717) is 25.3 Å². The summed E-state index contributed by atoms with van der Waals surface area (Å²) in [7, 11) is 1.81. The van der Waals surface area contributed by atoms with Crippen LogP contribution in [0.5, 0.6) is 5.75 Å². The molecule has 0 radical (unpaired) electrons. The van der Waals surface area contributed by atoms with E-state index in [1.807, 2.05) is 46.0 Å². The van der Waals surface area contributed by atoms with Crippen LogP contribution in [-0.4, -0.2) is 53.7 Å². The quantitative estimate of drug-likeness (QED) is 0.774. The number of aromatic nitrogens is 1. The van der Waals surface area contributed by atoms with E-state index in [4.69, 9.17) is 9.47 Å². The number of benzene rings is 1. The van der Waals surface area contributed by atoms with Crippen molar-refractivity contribution in [1.29, 1.82) is 0 Å². The van der Waals surface area contributed by atoms with Gasteiger partial charge < -0.3 is 19.3 Å². The lowest BCUT2D eigenvalue weighted by Crippen LogP contribution is -2.57. The normalized spacial score (nSPS) is 16.7. The van der Waals surface area contributed by atoms with Gasteiger partial charge in [0.25, 0.3) is 0 Å². The molecule has 158 valence electrons. The van der Waals surface area contributed by atoms with Crippen LogP contribution >= 0.6 is 0 Å². The van der Waals surface area contributed by atoms with Crippen molar-refractivity contribution >= 4 is 17.7 Å². The van der Waals surface area contributed by atoms with E-state index in [-0.39, 0.29) is 18.1 Å². The Labute approximate surface area is 176 Å². The number of fused-ring (bicyclic) bond motifs is 1. The first-order valence-electron chi connectivity index (χ1n) is 10.2. The Bertz CT molecular complexity index is 977. The van der Waals surface area contributed by atoms with Crippen LogP contribution in [0.4, 0.5) is 10.5 Å². The highest BCUT2D eigenvalue weighted by molar-refractivity contribution is 5.96. The Morgan fingerprint density at radius 3 is 2.60 bits per heavy atom. The third kappa shape index (κ3) is 4.25.